The minimum atomic E-state index is 0. The van der Waals surface area contributed by atoms with E-state index in [-0.39, 0.29) is 24.0 Å². The van der Waals surface area contributed by atoms with Crippen molar-refractivity contribution in [3.63, 3.8) is 0 Å². The van der Waals surface area contributed by atoms with Crippen LogP contribution in [0, 0.1) is 0 Å². The van der Waals surface area contributed by atoms with Crippen LogP contribution in [0.25, 0.3) is 0 Å². The van der Waals surface area contributed by atoms with Crippen LogP contribution in [0.3, 0.4) is 0 Å². The summed E-state index contributed by atoms with van der Waals surface area (Å²) in [6.07, 6.45) is 1.97. The van der Waals surface area contributed by atoms with Gasteiger partial charge in [0.05, 0.1) is 21.3 Å². The fourth-order valence-electron chi connectivity index (χ4n) is 2.79. The highest BCUT2D eigenvalue weighted by molar-refractivity contribution is 14.0. The Balaban J connectivity index is 0.00000420. The number of halogens is 2. The predicted molar refractivity (Wildman–Crippen MR) is 129 cm³/mol. The monoisotopic (exact) mass is 533 g/mol. The smallest absolute Gasteiger partial charge is 0.203 e. The van der Waals surface area contributed by atoms with E-state index in [1.54, 1.807) is 28.4 Å². The number of rotatable bonds is 9. The Morgan fingerprint density at radius 3 is 2.07 bits per heavy atom. The third-order valence-electron chi connectivity index (χ3n) is 4.26. The van der Waals surface area contributed by atoms with Gasteiger partial charge in [0, 0.05) is 25.2 Å². The minimum Gasteiger partial charge on any atom is -0.493 e. The number of benzene rings is 2. The van der Waals surface area contributed by atoms with Gasteiger partial charge < -0.3 is 24.8 Å². The zero-order valence-electron chi connectivity index (χ0n) is 17.3. The summed E-state index contributed by atoms with van der Waals surface area (Å²) >= 11 is 5.91. The van der Waals surface area contributed by atoms with Gasteiger partial charge in [0.25, 0.3) is 0 Å². The van der Waals surface area contributed by atoms with Gasteiger partial charge in [0.2, 0.25) is 5.75 Å². The molecule has 0 amide bonds. The summed E-state index contributed by atoms with van der Waals surface area (Å²) in [4.78, 5) is 4.27. The number of ether oxygens (including phenoxy) is 3. The topological polar surface area (TPSA) is 64.1 Å². The summed E-state index contributed by atoms with van der Waals surface area (Å²) in [5.41, 5.74) is 2.27. The van der Waals surface area contributed by atoms with Gasteiger partial charge in [0.1, 0.15) is 0 Å². The maximum atomic E-state index is 5.91. The van der Waals surface area contributed by atoms with Crippen molar-refractivity contribution in [3.05, 3.63) is 52.5 Å². The highest BCUT2D eigenvalue weighted by atomic mass is 127. The third-order valence-corrected chi connectivity index (χ3v) is 4.51. The Kier molecular flexibility index (Phi) is 11.6. The fraction of sp³-hybridized carbons (Fsp3) is 0.381. The summed E-state index contributed by atoms with van der Waals surface area (Å²) in [6.45, 7) is 1.39. The summed E-state index contributed by atoms with van der Waals surface area (Å²) < 4.78 is 16.1. The van der Waals surface area contributed by atoms with E-state index in [0.29, 0.717) is 23.8 Å². The van der Waals surface area contributed by atoms with E-state index >= 15 is 0 Å². The van der Waals surface area contributed by atoms with Crippen LogP contribution in [0.2, 0.25) is 5.02 Å². The number of nitrogens with one attached hydrogen (secondary N) is 2. The van der Waals surface area contributed by atoms with Gasteiger partial charge in [-0.2, -0.15) is 0 Å². The number of methoxy groups -OCH3 is 3. The van der Waals surface area contributed by atoms with Crippen molar-refractivity contribution in [2.24, 2.45) is 4.99 Å². The van der Waals surface area contributed by atoms with E-state index in [2.05, 4.69) is 27.8 Å². The van der Waals surface area contributed by atoms with Gasteiger partial charge in [-0.15, -0.1) is 24.0 Å². The van der Waals surface area contributed by atoms with Crippen molar-refractivity contribution in [3.8, 4) is 17.2 Å². The van der Waals surface area contributed by atoms with E-state index in [1.165, 1.54) is 5.56 Å². The van der Waals surface area contributed by atoms with E-state index in [4.69, 9.17) is 25.8 Å². The van der Waals surface area contributed by atoms with Gasteiger partial charge in [-0.05, 0) is 48.2 Å². The molecule has 0 aliphatic rings. The molecule has 0 bridgehead atoms. The molecule has 29 heavy (non-hydrogen) atoms. The Hall–Kier alpha value is -1.87. The second-order valence-electron chi connectivity index (χ2n) is 6.12. The first-order chi connectivity index (χ1) is 13.6. The normalized spacial score (nSPS) is 10.7. The largest absolute Gasteiger partial charge is 0.493 e. The Morgan fingerprint density at radius 1 is 0.931 bits per heavy atom. The number of hydrogen-bond acceptors (Lipinski definition) is 4. The lowest BCUT2D eigenvalue weighted by Crippen LogP contribution is -2.37. The molecule has 2 rings (SSSR count). The quantitative estimate of drug-likeness (QED) is 0.218. The van der Waals surface area contributed by atoms with E-state index < -0.39 is 0 Å². The fourth-order valence-corrected chi connectivity index (χ4v) is 2.92. The lowest BCUT2D eigenvalue weighted by atomic mass is 10.1. The van der Waals surface area contributed by atoms with Crippen molar-refractivity contribution in [2.45, 2.75) is 19.4 Å². The molecule has 0 aliphatic carbocycles. The molecule has 6 nitrogen and oxygen atoms in total. The van der Waals surface area contributed by atoms with Crippen molar-refractivity contribution >= 4 is 41.5 Å². The Morgan fingerprint density at radius 2 is 1.55 bits per heavy atom. The summed E-state index contributed by atoms with van der Waals surface area (Å²) in [6, 6.07) is 11.8. The first-order valence-electron chi connectivity index (χ1n) is 9.09. The maximum Gasteiger partial charge on any atom is 0.203 e. The summed E-state index contributed by atoms with van der Waals surface area (Å²) in [7, 11) is 6.56. The molecule has 0 aromatic heterocycles. The first-order valence-corrected chi connectivity index (χ1v) is 9.47. The van der Waals surface area contributed by atoms with Gasteiger partial charge in [-0.3, -0.25) is 4.99 Å². The molecule has 0 fully saturated rings. The molecule has 8 heteroatoms. The van der Waals surface area contributed by atoms with E-state index in [1.807, 2.05) is 24.3 Å². The molecular weight excluding hydrogens is 505 g/mol. The molecule has 0 saturated carbocycles. The average molecular weight is 534 g/mol. The van der Waals surface area contributed by atoms with Gasteiger partial charge in [-0.1, -0.05) is 23.7 Å². The molecule has 2 aromatic rings. The van der Waals surface area contributed by atoms with Crippen molar-refractivity contribution < 1.29 is 14.2 Å². The van der Waals surface area contributed by atoms with Crippen LogP contribution in [0.15, 0.2) is 41.4 Å². The van der Waals surface area contributed by atoms with Gasteiger partial charge >= 0.3 is 0 Å². The maximum absolute atomic E-state index is 5.91. The van der Waals surface area contributed by atoms with Crippen molar-refractivity contribution in [1.82, 2.24) is 10.6 Å². The van der Waals surface area contributed by atoms with E-state index in [9.17, 15) is 0 Å². The predicted octanol–water partition coefficient (Wildman–Crippen LogP) is 4.28. The van der Waals surface area contributed by atoms with Crippen LogP contribution in [0.4, 0.5) is 0 Å². The highest BCUT2D eigenvalue weighted by Gasteiger charge is 2.13. The molecule has 0 atom stereocenters. The molecule has 2 aromatic carbocycles. The second kappa shape index (κ2) is 13.4. The van der Waals surface area contributed by atoms with Crippen LogP contribution >= 0.6 is 35.6 Å². The zero-order chi connectivity index (χ0) is 20.4. The Labute approximate surface area is 195 Å². The number of guanidine groups is 1. The van der Waals surface area contributed by atoms with Crippen molar-refractivity contribution in [2.75, 3.05) is 34.9 Å². The second-order valence-corrected chi connectivity index (χ2v) is 6.55. The van der Waals surface area contributed by atoms with E-state index in [0.717, 1.165) is 35.9 Å². The number of aliphatic imine (C=N–C) groups is 1. The minimum absolute atomic E-state index is 0. The number of nitrogens with zero attached hydrogens (tertiary/aromatic N) is 1. The van der Waals surface area contributed by atoms with Gasteiger partial charge in [0.15, 0.2) is 17.5 Å². The van der Waals surface area contributed by atoms with Crippen LogP contribution in [-0.4, -0.2) is 40.9 Å². The van der Waals surface area contributed by atoms with Crippen LogP contribution in [0.1, 0.15) is 17.5 Å². The molecule has 160 valence electrons. The number of hydrogen-bond donors (Lipinski definition) is 2. The lowest BCUT2D eigenvalue weighted by Gasteiger charge is -2.16. The zero-order valence-corrected chi connectivity index (χ0v) is 20.3. The van der Waals surface area contributed by atoms with Crippen LogP contribution in [-0.2, 0) is 13.0 Å². The van der Waals surface area contributed by atoms with Crippen molar-refractivity contribution in [1.29, 1.82) is 0 Å². The summed E-state index contributed by atoms with van der Waals surface area (Å²) in [5.74, 6) is 2.58. The molecule has 0 spiro atoms. The van der Waals surface area contributed by atoms with Gasteiger partial charge in [-0.25, -0.2) is 0 Å². The van der Waals surface area contributed by atoms with Crippen LogP contribution in [0.5, 0.6) is 17.2 Å². The SMILES string of the molecule is CN=C(NCCCc1ccc(Cl)cc1)NCc1cc(OC)c(OC)c(OC)c1.I. The Bertz CT molecular complexity index is 760. The molecule has 0 heterocycles. The molecule has 0 unspecified atom stereocenters. The third kappa shape index (κ3) is 7.81. The van der Waals surface area contributed by atoms with Crippen LogP contribution < -0.4 is 24.8 Å². The lowest BCUT2D eigenvalue weighted by molar-refractivity contribution is 0.323. The molecule has 2 N–H and O–H groups in total. The standard InChI is InChI=1S/C21H28ClN3O3.HI/c1-23-21(24-11-5-6-15-7-9-17(22)10-8-15)25-14-16-12-18(26-2)20(28-4)19(13-16)27-3;/h7-10,12-13H,5-6,11,14H2,1-4H3,(H2,23,24,25);1H. The average Bonchev–Trinajstić information content (AvgIpc) is 2.73. The molecule has 0 radical (unpaired) electrons. The number of aryl methyl sites for hydroxylation is 1. The first kappa shape index (κ1) is 25.2. The molecule has 0 aliphatic heterocycles. The highest BCUT2D eigenvalue weighted by Crippen LogP contribution is 2.38. The summed E-state index contributed by atoms with van der Waals surface area (Å²) in [5, 5.41) is 7.39. The molecule has 0 saturated heterocycles. The molecular formula is C21H29ClIN3O3.